The minimum absolute atomic E-state index is 0.0446. The number of nitrogens with zero attached hydrogens (tertiary/aromatic N) is 2. The van der Waals surface area contributed by atoms with E-state index in [1.54, 1.807) is 6.92 Å². The molecular weight excluding hydrogens is 330 g/mol. The van der Waals surface area contributed by atoms with Crippen LogP contribution in [0, 0.1) is 6.92 Å². The van der Waals surface area contributed by atoms with Crippen LogP contribution in [0.1, 0.15) is 53.8 Å². The maximum Gasteiger partial charge on any atom is 0.349 e. The zero-order chi connectivity index (χ0) is 18.3. The topological polar surface area (TPSA) is 77.1 Å². The third kappa shape index (κ3) is 2.71. The lowest BCUT2D eigenvalue weighted by atomic mass is 9.83. The van der Waals surface area contributed by atoms with Crippen LogP contribution < -0.4 is 10.9 Å². The Labute approximate surface area is 150 Å². The van der Waals surface area contributed by atoms with Crippen molar-refractivity contribution < 1.29 is 9.21 Å². The van der Waals surface area contributed by atoms with E-state index < -0.39 is 11.5 Å². The second-order valence-electron chi connectivity index (χ2n) is 6.76. The van der Waals surface area contributed by atoms with E-state index in [4.69, 9.17) is 4.42 Å². The van der Waals surface area contributed by atoms with E-state index in [1.807, 2.05) is 41.9 Å². The summed E-state index contributed by atoms with van der Waals surface area (Å²) in [6.07, 6.45) is 3.23. The van der Waals surface area contributed by atoms with Crippen LogP contribution >= 0.6 is 0 Å². The molecule has 1 aromatic carbocycles. The molecule has 0 atom stereocenters. The summed E-state index contributed by atoms with van der Waals surface area (Å²) in [6, 6.07) is 9.50. The largest absolute Gasteiger partial charge is 0.427 e. The Balaban J connectivity index is 1.68. The highest BCUT2D eigenvalue weighted by molar-refractivity contribution is 6.08. The molecule has 0 saturated heterocycles. The summed E-state index contributed by atoms with van der Waals surface area (Å²) in [5, 5.41) is 8.08. The highest BCUT2D eigenvalue weighted by atomic mass is 16.4. The van der Waals surface area contributed by atoms with Gasteiger partial charge in [0.2, 0.25) is 0 Å². The van der Waals surface area contributed by atoms with Crippen molar-refractivity contribution in [2.75, 3.05) is 5.32 Å². The highest BCUT2D eigenvalue weighted by Gasteiger charge is 2.25. The van der Waals surface area contributed by atoms with Gasteiger partial charge in [0.25, 0.3) is 5.91 Å². The van der Waals surface area contributed by atoms with Crippen LogP contribution in [-0.4, -0.2) is 15.7 Å². The maximum atomic E-state index is 12.7. The number of anilines is 1. The van der Waals surface area contributed by atoms with Gasteiger partial charge in [0, 0.05) is 17.8 Å². The van der Waals surface area contributed by atoms with Crippen LogP contribution in [0.15, 0.2) is 39.5 Å². The molecule has 6 heteroatoms. The lowest BCUT2D eigenvalue weighted by molar-refractivity contribution is 0.102. The molecule has 6 nitrogen and oxygen atoms in total. The lowest BCUT2D eigenvalue weighted by Crippen LogP contribution is -2.24. The average Bonchev–Trinajstić information content (AvgIpc) is 2.91. The summed E-state index contributed by atoms with van der Waals surface area (Å²) < 4.78 is 7.24. The number of carbonyl (C=O) groups excluding carboxylic acids is 1. The lowest BCUT2D eigenvalue weighted by Gasteiger charge is -2.24. The smallest absolute Gasteiger partial charge is 0.349 e. The molecule has 1 N–H and O–H groups in total. The summed E-state index contributed by atoms with van der Waals surface area (Å²) in [5.74, 6) is 0.968. The summed E-state index contributed by atoms with van der Waals surface area (Å²) in [5.41, 5.74) is 1.04. The SMILES string of the molecule is CCn1nc(NC(=O)c2c(C)cc(C3CCC3)oc2=O)c2ccccc21. The second kappa shape index (κ2) is 6.44. The molecule has 1 fully saturated rings. The van der Waals surface area contributed by atoms with Crippen molar-refractivity contribution in [1.82, 2.24) is 9.78 Å². The molecule has 2 aromatic heterocycles. The Morgan fingerprint density at radius 3 is 2.77 bits per heavy atom. The van der Waals surface area contributed by atoms with Gasteiger partial charge >= 0.3 is 5.63 Å². The number of amides is 1. The molecule has 0 unspecified atom stereocenters. The van der Waals surface area contributed by atoms with Crippen molar-refractivity contribution in [3.63, 3.8) is 0 Å². The Morgan fingerprint density at radius 1 is 1.35 bits per heavy atom. The molecule has 0 aliphatic heterocycles. The van der Waals surface area contributed by atoms with Crippen LogP contribution in [0.3, 0.4) is 0 Å². The number of hydrogen-bond acceptors (Lipinski definition) is 4. The number of rotatable bonds is 4. The molecule has 134 valence electrons. The Kier molecular flexibility index (Phi) is 4.11. The van der Waals surface area contributed by atoms with Gasteiger partial charge in [0.05, 0.1) is 5.52 Å². The van der Waals surface area contributed by atoms with Crippen LogP contribution in [0.2, 0.25) is 0 Å². The van der Waals surface area contributed by atoms with E-state index in [9.17, 15) is 9.59 Å². The Morgan fingerprint density at radius 2 is 2.12 bits per heavy atom. The Bertz CT molecular complexity index is 1040. The number of carbonyl (C=O) groups is 1. The first-order chi connectivity index (χ1) is 12.6. The fraction of sp³-hybridized carbons (Fsp3) is 0.350. The van der Waals surface area contributed by atoms with Gasteiger partial charge < -0.3 is 9.73 Å². The first-order valence-electron chi connectivity index (χ1n) is 9.00. The first kappa shape index (κ1) is 16.6. The van der Waals surface area contributed by atoms with Gasteiger partial charge in [-0.05, 0) is 50.5 Å². The minimum atomic E-state index is -0.580. The van der Waals surface area contributed by atoms with Gasteiger partial charge in [-0.25, -0.2) is 4.79 Å². The van der Waals surface area contributed by atoms with E-state index in [0.29, 0.717) is 29.6 Å². The number of aryl methyl sites for hydroxylation is 2. The van der Waals surface area contributed by atoms with E-state index in [2.05, 4.69) is 10.4 Å². The van der Waals surface area contributed by atoms with Gasteiger partial charge in [-0.3, -0.25) is 9.48 Å². The first-order valence-corrected chi connectivity index (χ1v) is 9.00. The number of benzene rings is 1. The van der Waals surface area contributed by atoms with Crippen molar-refractivity contribution >= 4 is 22.6 Å². The summed E-state index contributed by atoms with van der Waals surface area (Å²) >= 11 is 0. The van der Waals surface area contributed by atoms with E-state index in [0.717, 1.165) is 30.2 Å². The second-order valence-corrected chi connectivity index (χ2v) is 6.76. The van der Waals surface area contributed by atoms with Gasteiger partial charge in [-0.1, -0.05) is 18.6 Å². The summed E-state index contributed by atoms with van der Waals surface area (Å²) in [7, 11) is 0. The fourth-order valence-electron chi connectivity index (χ4n) is 3.43. The van der Waals surface area contributed by atoms with E-state index in [1.165, 1.54) is 0 Å². The molecule has 1 aliphatic rings. The Hall–Kier alpha value is -2.89. The van der Waals surface area contributed by atoms with Crippen LogP contribution in [-0.2, 0) is 6.54 Å². The van der Waals surface area contributed by atoms with Gasteiger partial charge in [-0.15, -0.1) is 0 Å². The summed E-state index contributed by atoms with van der Waals surface area (Å²) in [6.45, 7) is 4.45. The van der Waals surface area contributed by atoms with Crippen molar-refractivity contribution in [3.05, 3.63) is 57.6 Å². The van der Waals surface area contributed by atoms with Crippen molar-refractivity contribution in [2.45, 2.75) is 45.6 Å². The highest BCUT2D eigenvalue weighted by Crippen LogP contribution is 2.36. The monoisotopic (exact) mass is 351 g/mol. The predicted molar refractivity (Wildman–Crippen MR) is 99.7 cm³/mol. The van der Waals surface area contributed by atoms with Crippen LogP contribution in [0.5, 0.6) is 0 Å². The maximum absolute atomic E-state index is 12.7. The van der Waals surface area contributed by atoms with Crippen LogP contribution in [0.25, 0.3) is 10.9 Å². The molecule has 1 saturated carbocycles. The van der Waals surface area contributed by atoms with Crippen molar-refractivity contribution in [3.8, 4) is 0 Å². The minimum Gasteiger partial charge on any atom is -0.427 e. The molecule has 3 aromatic rings. The van der Waals surface area contributed by atoms with Crippen LogP contribution in [0.4, 0.5) is 5.82 Å². The number of para-hydroxylation sites is 1. The molecule has 4 rings (SSSR count). The standard InChI is InChI=1S/C20H21N3O3/c1-3-23-15-10-5-4-9-14(15)18(22-23)21-19(24)17-12(2)11-16(26-20(17)25)13-7-6-8-13/h4-5,9-11,13H,3,6-8H2,1-2H3,(H,21,22,24). The third-order valence-electron chi connectivity index (χ3n) is 5.09. The number of aromatic nitrogens is 2. The van der Waals surface area contributed by atoms with Crippen molar-refractivity contribution in [1.29, 1.82) is 0 Å². The number of hydrogen-bond donors (Lipinski definition) is 1. The predicted octanol–water partition coefficient (Wildman–Crippen LogP) is 3.84. The normalized spacial score (nSPS) is 14.4. The van der Waals surface area contributed by atoms with E-state index >= 15 is 0 Å². The third-order valence-corrected chi connectivity index (χ3v) is 5.09. The average molecular weight is 351 g/mol. The number of nitrogens with one attached hydrogen (secondary N) is 1. The quantitative estimate of drug-likeness (QED) is 0.775. The van der Waals surface area contributed by atoms with E-state index in [-0.39, 0.29) is 5.56 Å². The molecule has 1 amide bonds. The molecule has 0 spiro atoms. The van der Waals surface area contributed by atoms with Gasteiger partial charge in [-0.2, -0.15) is 5.10 Å². The zero-order valence-electron chi connectivity index (χ0n) is 14.9. The molecule has 0 radical (unpaired) electrons. The zero-order valence-corrected chi connectivity index (χ0v) is 14.9. The summed E-state index contributed by atoms with van der Waals surface area (Å²) in [4.78, 5) is 25.2. The number of fused-ring (bicyclic) bond motifs is 1. The molecule has 1 aliphatic carbocycles. The van der Waals surface area contributed by atoms with Gasteiger partial charge in [0.1, 0.15) is 11.3 Å². The molecule has 0 bridgehead atoms. The molecular formula is C20H21N3O3. The fourth-order valence-corrected chi connectivity index (χ4v) is 3.43. The molecule has 26 heavy (non-hydrogen) atoms. The molecule has 2 heterocycles. The van der Waals surface area contributed by atoms with Crippen molar-refractivity contribution in [2.24, 2.45) is 0 Å². The van der Waals surface area contributed by atoms with Gasteiger partial charge in [0.15, 0.2) is 5.82 Å².